The molecule has 1 heterocycles. The lowest BCUT2D eigenvalue weighted by atomic mass is 9.93. The second kappa shape index (κ2) is 11.1. The van der Waals surface area contributed by atoms with Crippen LogP contribution < -0.4 is 5.32 Å². The van der Waals surface area contributed by atoms with Crippen LogP contribution in [0.25, 0.3) is 11.0 Å². The molecule has 1 aromatic heterocycles. The van der Waals surface area contributed by atoms with Crippen LogP contribution in [0.3, 0.4) is 0 Å². The number of hydrogen-bond donors (Lipinski definition) is 1. The minimum Gasteiger partial charge on any atom is -0.375 e. The summed E-state index contributed by atoms with van der Waals surface area (Å²) in [5.41, 5.74) is 2.85. The summed E-state index contributed by atoms with van der Waals surface area (Å²) in [6, 6.07) is 18.2. The molecular formula is C26H32N4O3. The number of para-hydroxylation sites is 2. The Morgan fingerprint density at radius 1 is 1.06 bits per heavy atom. The highest BCUT2D eigenvalue weighted by atomic mass is 16.5. The standard InChI is InChI=1S/C26H32N4O3/c1-33-19-25(31)27-16-24-28-22-14-8-9-15-23(22)30(24)18-26(32)29(21-12-6-3-7-13-21)17-20-10-4-2-5-11-20/h2,4-5,8-11,14-15,21H,3,6-7,12-13,16-19H2,1H3,(H,27,31). The van der Waals surface area contributed by atoms with E-state index in [1.807, 2.05) is 47.0 Å². The molecule has 1 aliphatic carbocycles. The molecule has 174 valence electrons. The lowest BCUT2D eigenvalue weighted by Gasteiger charge is -2.35. The zero-order valence-corrected chi connectivity index (χ0v) is 19.2. The van der Waals surface area contributed by atoms with Crippen molar-refractivity contribution < 1.29 is 14.3 Å². The van der Waals surface area contributed by atoms with Crippen molar-refractivity contribution in [3.8, 4) is 0 Å². The van der Waals surface area contributed by atoms with Gasteiger partial charge in [-0.2, -0.15) is 0 Å². The van der Waals surface area contributed by atoms with Gasteiger partial charge in [-0.15, -0.1) is 0 Å². The molecule has 0 radical (unpaired) electrons. The third-order valence-corrected chi connectivity index (χ3v) is 6.28. The predicted molar refractivity (Wildman–Crippen MR) is 127 cm³/mol. The van der Waals surface area contributed by atoms with Crippen molar-refractivity contribution in [1.29, 1.82) is 0 Å². The molecule has 2 amide bonds. The van der Waals surface area contributed by atoms with Crippen LogP contribution in [0, 0.1) is 0 Å². The molecule has 33 heavy (non-hydrogen) atoms. The highest BCUT2D eigenvalue weighted by Gasteiger charge is 2.27. The van der Waals surface area contributed by atoms with Crippen LogP contribution in [-0.2, 0) is 34.0 Å². The van der Waals surface area contributed by atoms with Crippen LogP contribution in [0.15, 0.2) is 54.6 Å². The predicted octanol–water partition coefficient (Wildman–Crippen LogP) is 3.66. The molecule has 2 aromatic carbocycles. The molecule has 1 N–H and O–H groups in total. The summed E-state index contributed by atoms with van der Waals surface area (Å²) in [5, 5.41) is 2.83. The smallest absolute Gasteiger partial charge is 0.246 e. The molecule has 0 unspecified atom stereocenters. The summed E-state index contributed by atoms with van der Waals surface area (Å²) in [7, 11) is 1.49. The number of hydrogen-bond acceptors (Lipinski definition) is 4. The monoisotopic (exact) mass is 448 g/mol. The first-order chi connectivity index (χ1) is 16.2. The van der Waals surface area contributed by atoms with Crippen LogP contribution in [0.2, 0.25) is 0 Å². The van der Waals surface area contributed by atoms with Crippen LogP contribution in [0.4, 0.5) is 0 Å². The molecule has 7 heteroatoms. The highest BCUT2D eigenvalue weighted by Crippen LogP contribution is 2.25. The Labute approximate surface area is 194 Å². The Morgan fingerprint density at radius 3 is 2.55 bits per heavy atom. The molecule has 0 saturated heterocycles. The average Bonchev–Trinajstić information content (AvgIpc) is 3.20. The van der Waals surface area contributed by atoms with Gasteiger partial charge < -0.3 is 19.5 Å². The maximum Gasteiger partial charge on any atom is 0.246 e. The number of aromatic nitrogens is 2. The topological polar surface area (TPSA) is 76.5 Å². The molecule has 0 aliphatic heterocycles. The van der Waals surface area contributed by atoms with Gasteiger partial charge in [0.05, 0.1) is 17.6 Å². The van der Waals surface area contributed by atoms with Gasteiger partial charge in [0, 0.05) is 19.7 Å². The number of fused-ring (bicyclic) bond motifs is 1. The van der Waals surface area contributed by atoms with Crippen LogP contribution in [0.1, 0.15) is 43.5 Å². The zero-order chi connectivity index (χ0) is 23.0. The number of benzene rings is 2. The van der Waals surface area contributed by atoms with Crippen molar-refractivity contribution in [1.82, 2.24) is 19.8 Å². The van der Waals surface area contributed by atoms with Crippen LogP contribution >= 0.6 is 0 Å². The van der Waals surface area contributed by atoms with Crippen molar-refractivity contribution in [2.24, 2.45) is 0 Å². The van der Waals surface area contributed by atoms with Gasteiger partial charge in [0.25, 0.3) is 0 Å². The molecule has 1 saturated carbocycles. The minimum absolute atomic E-state index is 0.00824. The molecule has 0 spiro atoms. The fourth-order valence-electron chi connectivity index (χ4n) is 4.62. The van der Waals surface area contributed by atoms with E-state index < -0.39 is 0 Å². The fraction of sp³-hybridized carbons (Fsp3) is 0.423. The van der Waals surface area contributed by atoms with Gasteiger partial charge in [0.1, 0.15) is 19.0 Å². The Hall–Kier alpha value is -3.19. The quantitative estimate of drug-likeness (QED) is 0.542. The van der Waals surface area contributed by atoms with Crippen molar-refractivity contribution in [3.63, 3.8) is 0 Å². The molecular weight excluding hydrogens is 416 g/mol. The lowest BCUT2D eigenvalue weighted by molar-refractivity contribution is -0.135. The second-order valence-corrected chi connectivity index (χ2v) is 8.61. The van der Waals surface area contributed by atoms with Gasteiger partial charge in [-0.05, 0) is 30.5 Å². The molecule has 0 atom stereocenters. The summed E-state index contributed by atoms with van der Waals surface area (Å²) in [6.07, 6.45) is 5.65. The van der Waals surface area contributed by atoms with Gasteiger partial charge in [-0.25, -0.2) is 4.98 Å². The molecule has 4 rings (SSSR count). The number of ether oxygens (including phenoxy) is 1. The number of carbonyl (C=O) groups excluding carboxylic acids is 2. The Balaban J connectivity index is 1.59. The number of amides is 2. The van der Waals surface area contributed by atoms with Gasteiger partial charge >= 0.3 is 0 Å². The van der Waals surface area contributed by atoms with E-state index in [4.69, 9.17) is 9.72 Å². The Kier molecular flexibility index (Phi) is 7.73. The summed E-state index contributed by atoms with van der Waals surface area (Å²) in [5.74, 6) is 0.533. The SMILES string of the molecule is COCC(=O)NCc1nc2ccccc2n1CC(=O)N(Cc1ccccc1)C1CCCCC1. The molecule has 1 fully saturated rings. The van der Waals surface area contributed by atoms with E-state index in [1.54, 1.807) is 0 Å². The number of imidazole rings is 1. The zero-order valence-electron chi connectivity index (χ0n) is 19.2. The number of methoxy groups -OCH3 is 1. The molecule has 1 aliphatic rings. The third-order valence-electron chi connectivity index (χ3n) is 6.28. The van der Waals surface area contributed by atoms with Crippen LogP contribution in [0.5, 0.6) is 0 Å². The van der Waals surface area contributed by atoms with Crippen LogP contribution in [-0.4, -0.2) is 46.0 Å². The third kappa shape index (κ3) is 5.79. The number of nitrogens with zero attached hydrogens (tertiary/aromatic N) is 3. The second-order valence-electron chi connectivity index (χ2n) is 8.61. The molecule has 7 nitrogen and oxygen atoms in total. The van der Waals surface area contributed by atoms with Crippen molar-refractivity contribution in [2.75, 3.05) is 13.7 Å². The first kappa shape index (κ1) is 23.0. The van der Waals surface area contributed by atoms with E-state index in [2.05, 4.69) is 22.3 Å². The number of rotatable bonds is 9. The lowest BCUT2D eigenvalue weighted by Crippen LogP contribution is -2.42. The number of nitrogens with one attached hydrogen (secondary N) is 1. The van der Waals surface area contributed by atoms with E-state index in [0.29, 0.717) is 12.4 Å². The summed E-state index contributed by atoms with van der Waals surface area (Å²) in [4.78, 5) is 32.4. The van der Waals surface area contributed by atoms with Crippen molar-refractivity contribution in [2.45, 2.75) is 57.8 Å². The van der Waals surface area contributed by atoms with Gasteiger partial charge in [-0.1, -0.05) is 61.7 Å². The first-order valence-corrected chi connectivity index (χ1v) is 11.7. The summed E-state index contributed by atoms with van der Waals surface area (Å²) >= 11 is 0. The van der Waals surface area contributed by atoms with Gasteiger partial charge in [0.2, 0.25) is 11.8 Å². The van der Waals surface area contributed by atoms with E-state index in [9.17, 15) is 9.59 Å². The van der Waals surface area contributed by atoms with E-state index in [0.717, 1.165) is 42.3 Å². The minimum atomic E-state index is -0.213. The van der Waals surface area contributed by atoms with E-state index in [1.165, 1.54) is 13.5 Å². The summed E-state index contributed by atoms with van der Waals surface area (Å²) in [6.45, 7) is 1.04. The Bertz CT molecular complexity index is 1070. The maximum absolute atomic E-state index is 13.7. The van der Waals surface area contributed by atoms with Gasteiger partial charge in [-0.3, -0.25) is 9.59 Å². The highest BCUT2D eigenvalue weighted by molar-refractivity contribution is 5.82. The van der Waals surface area contributed by atoms with E-state index in [-0.39, 0.29) is 37.6 Å². The molecule has 3 aromatic rings. The largest absolute Gasteiger partial charge is 0.375 e. The van der Waals surface area contributed by atoms with E-state index >= 15 is 0 Å². The van der Waals surface area contributed by atoms with Crippen molar-refractivity contribution >= 4 is 22.8 Å². The molecule has 0 bridgehead atoms. The average molecular weight is 449 g/mol. The van der Waals surface area contributed by atoms with Gasteiger partial charge in [0.15, 0.2) is 0 Å². The normalized spacial score (nSPS) is 14.3. The maximum atomic E-state index is 13.7. The first-order valence-electron chi connectivity index (χ1n) is 11.7. The number of carbonyl (C=O) groups is 2. The van der Waals surface area contributed by atoms with Crippen molar-refractivity contribution in [3.05, 3.63) is 66.0 Å². The Morgan fingerprint density at radius 2 is 1.79 bits per heavy atom. The summed E-state index contributed by atoms with van der Waals surface area (Å²) < 4.78 is 6.84. The fourth-order valence-corrected chi connectivity index (χ4v) is 4.62.